The molecule has 2 aliphatic rings. The molecule has 11 heavy (non-hydrogen) atoms. The van der Waals surface area contributed by atoms with Crippen LogP contribution in [0.15, 0.2) is 0 Å². The second-order valence-electron chi connectivity index (χ2n) is 3.03. The molecule has 0 aromatic rings. The molecule has 1 aliphatic heterocycles. The highest BCUT2D eigenvalue weighted by Crippen LogP contribution is 2.30. The summed E-state index contributed by atoms with van der Waals surface area (Å²) in [6.07, 6.45) is 0.909. The van der Waals surface area contributed by atoms with Crippen LogP contribution in [-0.4, -0.2) is 34.2 Å². The Bertz CT molecular complexity index is 185. The quantitative estimate of drug-likeness (QED) is 0.530. The summed E-state index contributed by atoms with van der Waals surface area (Å²) in [6, 6.07) is -0.0660. The Morgan fingerprint density at radius 2 is 2.36 bits per heavy atom. The van der Waals surface area contributed by atoms with Gasteiger partial charge in [0.2, 0.25) is 0 Å². The number of hydrogen-bond acceptors (Lipinski definition) is 4. The lowest BCUT2D eigenvalue weighted by Crippen LogP contribution is -2.47. The van der Waals surface area contributed by atoms with E-state index in [0.717, 1.165) is 12.3 Å². The van der Waals surface area contributed by atoms with E-state index in [0.29, 0.717) is 11.7 Å². The van der Waals surface area contributed by atoms with Crippen LogP contribution >= 0.6 is 11.8 Å². The van der Waals surface area contributed by atoms with E-state index in [2.05, 4.69) is 5.32 Å². The van der Waals surface area contributed by atoms with Gasteiger partial charge in [0, 0.05) is 11.1 Å². The van der Waals surface area contributed by atoms with Crippen LogP contribution in [0.2, 0.25) is 0 Å². The van der Waals surface area contributed by atoms with Gasteiger partial charge in [-0.1, -0.05) is 0 Å². The van der Waals surface area contributed by atoms with Gasteiger partial charge < -0.3 is 5.11 Å². The summed E-state index contributed by atoms with van der Waals surface area (Å²) in [6.45, 7) is 0. The number of ketones is 1. The zero-order valence-electron chi connectivity index (χ0n) is 6.12. The summed E-state index contributed by atoms with van der Waals surface area (Å²) in [7, 11) is 0. The number of carbonyl (C=O) groups excluding carboxylic acids is 1. The molecule has 3 unspecified atom stereocenters. The van der Waals surface area contributed by atoms with E-state index in [9.17, 15) is 9.90 Å². The number of aliphatic hydroxyl groups excluding tert-OH is 1. The molecule has 0 bridgehead atoms. The molecule has 4 heteroatoms. The van der Waals surface area contributed by atoms with E-state index in [4.69, 9.17) is 0 Å². The highest BCUT2D eigenvalue weighted by molar-refractivity contribution is 8.00. The Kier molecular flexibility index (Phi) is 1.91. The first-order valence-electron chi connectivity index (χ1n) is 3.86. The van der Waals surface area contributed by atoms with E-state index in [1.54, 1.807) is 11.8 Å². The van der Waals surface area contributed by atoms with E-state index in [1.165, 1.54) is 0 Å². The Hall–Kier alpha value is -0.0600. The highest BCUT2D eigenvalue weighted by atomic mass is 32.2. The number of carbonyl (C=O) groups is 1. The van der Waals surface area contributed by atoms with Gasteiger partial charge in [-0.15, -0.1) is 11.8 Å². The van der Waals surface area contributed by atoms with Crippen molar-refractivity contribution in [1.82, 2.24) is 5.32 Å². The van der Waals surface area contributed by atoms with Gasteiger partial charge >= 0.3 is 0 Å². The number of fused-ring (bicyclic) bond motifs is 1. The summed E-state index contributed by atoms with van der Waals surface area (Å²) in [5.74, 6) is 0.847. The minimum absolute atomic E-state index is 0.00810. The molecule has 3 atom stereocenters. The lowest BCUT2D eigenvalue weighted by molar-refractivity contribution is -0.131. The molecule has 0 amide bonds. The molecule has 3 nitrogen and oxygen atoms in total. The van der Waals surface area contributed by atoms with E-state index >= 15 is 0 Å². The van der Waals surface area contributed by atoms with Crippen LogP contribution in [0.25, 0.3) is 0 Å². The minimum atomic E-state index is -0.706. The van der Waals surface area contributed by atoms with E-state index < -0.39 is 6.10 Å². The van der Waals surface area contributed by atoms with Crippen molar-refractivity contribution in [3.63, 3.8) is 0 Å². The van der Waals surface area contributed by atoms with Crippen LogP contribution in [-0.2, 0) is 4.79 Å². The predicted molar refractivity (Wildman–Crippen MR) is 43.4 cm³/mol. The molecule has 1 aliphatic carbocycles. The van der Waals surface area contributed by atoms with Crippen molar-refractivity contribution in [1.29, 1.82) is 0 Å². The van der Waals surface area contributed by atoms with Gasteiger partial charge in [0.25, 0.3) is 0 Å². The van der Waals surface area contributed by atoms with Gasteiger partial charge in [0.1, 0.15) is 6.10 Å². The Morgan fingerprint density at radius 3 is 3.18 bits per heavy atom. The lowest BCUT2D eigenvalue weighted by Gasteiger charge is -2.26. The van der Waals surface area contributed by atoms with Gasteiger partial charge in [-0.2, -0.15) is 0 Å². The second-order valence-corrected chi connectivity index (χ2v) is 4.25. The molecule has 62 valence electrons. The SMILES string of the molecule is O=C1C(O)CCC2SCNC12. The first kappa shape index (κ1) is 7.58. The first-order valence-corrected chi connectivity index (χ1v) is 4.90. The molecule has 2 N–H and O–H groups in total. The molecule has 0 spiro atoms. The topological polar surface area (TPSA) is 49.3 Å². The fourth-order valence-electron chi connectivity index (χ4n) is 1.68. The molecule has 0 aromatic heterocycles. The van der Waals surface area contributed by atoms with Crippen LogP contribution in [0.5, 0.6) is 0 Å². The standard InChI is InChI=1S/C7H11NO2S/c9-4-1-2-5-6(7(4)10)8-3-11-5/h4-6,8-9H,1-3H2. The fraction of sp³-hybridized carbons (Fsp3) is 0.857. The monoisotopic (exact) mass is 173 g/mol. The highest BCUT2D eigenvalue weighted by Gasteiger charge is 2.40. The maximum atomic E-state index is 11.3. The van der Waals surface area contributed by atoms with Crippen molar-refractivity contribution in [2.45, 2.75) is 30.2 Å². The Labute approximate surface area is 69.5 Å². The van der Waals surface area contributed by atoms with E-state index in [-0.39, 0.29) is 11.8 Å². The van der Waals surface area contributed by atoms with Crippen molar-refractivity contribution in [2.75, 3.05) is 5.88 Å². The van der Waals surface area contributed by atoms with Crippen molar-refractivity contribution in [2.24, 2.45) is 0 Å². The van der Waals surface area contributed by atoms with Crippen molar-refractivity contribution in [3.05, 3.63) is 0 Å². The number of nitrogens with one attached hydrogen (secondary N) is 1. The van der Waals surface area contributed by atoms with Crippen molar-refractivity contribution in [3.8, 4) is 0 Å². The van der Waals surface area contributed by atoms with E-state index in [1.807, 2.05) is 0 Å². The van der Waals surface area contributed by atoms with Crippen LogP contribution in [0, 0.1) is 0 Å². The third kappa shape index (κ3) is 1.19. The summed E-state index contributed by atoms with van der Waals surface area (Å²) in [4.78, 5) is 11.3. The van der Waals surface area contributed by atoms with Crippen LogP contribution in [0.4, 0.5) is 0 Å². The summed E-state index contributed by atoms with van der Waals surface area (Å²) in [5, 5.41) is 12.7. The molecule has 0 radical (unpaired) electrons. The number of thioether (sulfide) groups is 1. The average Bonchev–Trinajstić information content (AvgIpc) is 2.45. The Morgan fingerprint density at radius 1 is 1.55 bits per heavy atom. The van der Waals surface area contributed by atoms with Crippen LogP contribution < -0.4 is 5.32 Å². The van der Waals surface area contributed by atoms with Gasteiger partial charge in [-0.05, 0) is 12.8 Å². The summed E-state index contributed by atoms with van der Waals surface area (Å²) in [5.41, 5.74) is 0. The predicted octanol–water partition coefficient (Wildman–Crippen LogP) is -0.259. The number of rotatable bonds is 0. The van der Waals surface area contributed by atoms with Crippen LogP contribution in [0.1, 0.15) is 12.8 Å². The molecule has 0 aromatic carbocycles. The Balaban J connectivity index is 2.12. The lowest BCUT2D eigenvalue weighted by atomic mass is 9.91. The fourth-order valence-corrected chi connectivity index (χ4v) is 2.89. The first-order chi connectivity index (χ1) is 5.29. The van der Waals surface area contributed by atoms with Gasteiger partial charge in [-0.3, -0.25) is 10.1 Å². The maximum absolute atomic E-state index is 11.3. The third-order valence-corrected chi connectivity index (χ3v) is 3.60. The molecule has 2 fully saturated rings. The normalized spacial score (nSPS) is 44.1. The van der Waals surface area contributed by atoms with Gasteiger partial charge in [0.05, 0.1) is 6.04 Å². The zero-order chi connectivity index (χ0) is 7.84. The van der Waals surface area contributed by atoms with Gasteiger partial charge in [-0.25, -0.2) is 0 Å². The van der Waals surface area contributed by atoms with Crippen molar-refractivity contribution < 1.29 is 9.90 Å². The minimum Gasteiger partial charge on any atom is -0.385 e. The number of Topliss-reactive ketones (excluding diaryl/α,β-unsaturated/α-hetero) is 1. The number of hydrogen-bond donors (Lipinski definition) is 2. The number of aliphatic hydroxyl groups is 1. The molecular weight excluding hydrogens is 162 g/mol. The molecular formula is C7H11NO2S. The zero-order valence-corrected chi connectivity index (χ0v) is 6.93. The maximum Gasteiger partial charge on any atom is 0.179 e. The van der Waals surface area contributed by atoms with Gasteiger partial charge in [0.15, 0.2) is 5.78 Å². The molecule has 1 saturated heterocycles. The molecule has 2 rings (SSSR count). The second kappa shape index (κ2) is 2.77. The van der Waals surface area contributed by atoms with Crippen molar-refractivity contribution >= 4 is 17.5 Å². The third-order valence-electron chi connectivity index (χ3n) is 2.33. The van der Waals surface area contributed by atoms with Crippen LogP contribution in [0.3, 0.4) is 0 Å². The summed E-state index contributed by atoms with van der Waals surface area (Å²) < 4.78 is 0. The molecule has 1 heterocycles. The molecule has 1 saturated carbocycles. The smallest absolute Gasteiger partial charge is 0.179 e. The average molecular weight is 173 g/mol. The largest absolute Gasteiger partial charge is 0.385 e. The summed E-state index contributed by atoms with van der Waals surface area (Å²) >= 11 is 1.79.